The van der Waals surface area contributed by atoms with E-state index in [2.05, 4.69) is 46.5 Å². The van der Waals surface area contributed by atoms with E-state index in [4.69, 9.17) is 0 Å². The molecule has 0 heterocycles. The Bertz CT molecular complexity index is 775. The number of hydrogen-bond donors (Lipinski definition) is 2. The molecule has 2 aromatic carbocycles. The normalized spacial score (nSPS) is 12.6. The zero-order chi connectivity index (χ0) is 20.4. The summed E-state index contributed by atoms with van der Waals surface area (Å²) in [5.74, 6) is 0.617. The molecule has 0 radical (unpaired) electrons. The number of rotatable bonds is 9. The highest BCUT2D eigenvalue weighted by Gasteiger charge is 2.18. The van der Waals surface area contributed by atoms with Crippen molar-refractivity contribution in [3.63, 3.8) is 0 Å². The fourth-order valence-electron chi connectivity index (χ4n) is 3.23. The molecule has 2 aromatic rings. The Kier molecular flexibility index (Phi) is 8.42. The molecule has 0 fully saturated rings. The number of benzene rings is 2. The molecule has 0 bridgehead atoms. The molecule has 0 aliphatic heterocycles. The van der Waals surface area contributed by atoms with Crippen LogP contribution < -0.4 is 10.6 Å². The van der Waals surface area contributed by atoms with E-state index in [1.54, 1.807) is 25.2 Å². The summed E-state index contributed by atoms with van der Waals surface area (Å²) in [5, 5.41) is 17.7. The number of guanidine groups is 1. The third-order valence-corrected chi connectivity index (χ3v) is 4.76. The third-order valence-electron chi connectivity index (χ3n) is 4.76. The lowest BCUT2D eigenvalue weighted by molar-refractivity contribution is -0.385. The summed E-state index contributed by atoms with van der Waals surface area (Å²) < 4.78 is 0. The van der Waals surface area contributed by atoms with Crippen molar-refractivity contribution in [3.8, 4) is 0 Å². The van der Waals surface area contributed by atoms with Gasteiger partial charge in [-0.25, -0.2) is 0 Å². The molecule has 0 amide bonds. The van der Waals surface area contributed by atoms with Crippen molar-refractivity contribution in [3.05, 3.63) is 75.8 Å². The van der Waals surface area contributed by atoms with Gasteiger partial charge in [-0.3, -0.25) is 20.0 Å². The molecule has 0 spiro atoms. The highest BCUT2D eigenvalue weighted by Crippen LogP contribution is 2.20. The van der Waals surface area contributed by atoms with Gasteiger partial charge in [0.1, 0.15) is 0 Å². The van der Waals surface area contributed by atoms with Crippen LogP contribution in [-0.4, -0.2) is 42.5 Å². The lowest BCUT2D eigenvalue weighted by Gasteiger charge is -2.30. The Hall–Kier alpha value is -2.93. The fraction of sp³-hybridized carbons (Fsp3) is 0.381. The lowest BCUT2D eigenvalue weighted by atomic mass is 10.1. The zero-order valence-electron chi connectivity index (χ0n) is 16.8. The van der Waals surface area contributed by atoms with E-state index >= 15 is 0 Å². The third kappa shape index (κ3) is 5.79. The molecule has 7 nitrogen and oxygen atoms in total. The summed E-state index contributed by atoms with van der Waals surface area (Å²) in [6, 6.07) is 17.3. The van der Waals surface area contributed by atoms with Crippen LogP contribution in [0.25, 0.3) is 0 Å². The number of nitrogens with one attached hydrogen (secondary N) is 2. The number of hydrogen-bond acceptors (Lipinski definition) is 4. The van der Waals surface area contributed by atoms with E-state index < -0.39 is 0 Å². The first kappa shape index (κ1) is 21.4. The molecule has 0 aliphatic carbocycles. The number of para-hydroxylation sites is 1. The van der Waals surface area contributed by atoms with Crippen molar-refractivity contribution in [1.82, 2.24) is 15.5 Å². The average molecular weight is 383 g/mol. The maximum absolute atomic E-state index is 11.2. The Labute approximate surface area is 166 Å². The van der Waals surface area contributed by atoms with Crippen LogP contribution in [0.1, 0.15) is 31.0 Å². The monoisotopic (exact) mass is 383 g/mol. The van der Waals surface area contributed by atoms with Crippen molar-refractivity contribution in [2.75, 3.05) is 26.7 Å². The van der Waals surface area contributed by atoms with Gasteiger partial charge in [-0.2, -0.15) is 0 Å². The molecule has 0 aliphatic rings. The summed E-state index contributed by atoms with van der Waals surface area (Å²) in [7, 11) is 1.70. The molecule has 28 heavy (non-hydrogen) atoms. The van der Waals surface area contributed by atoms with Gasteiger partial charge < -0.3 is 10.6 Å². The quantitative estimate of drug-likeness (QED) is 0.300. The van der Waals surface area contributed by atoms with E-state index in [0.29, 0.717) is 24.6 Å². The summed E-state index contributed by atoms with van der Waals surface area (Å²) in [4.78, 5) is 17.5. The number of nitro groups is 1. The Morgan fingerprint density at radius 3 is 2.32 bits per heavy atom. The molecule has 150 valence electrons. The number of likely N-dealkylation sites (N-methyl/N-ethyl adjacent to an activating group) is 1. The smallest absolute Gasteiger partial charge is 0.274 e. The van der Waals surface area contributed by atoms with Crippen LogP contribution in [0.4, 0.5) is 5.69 Å². The Balaban J connectivity index is 2.04. The SMILES string of the molecule is CCN(CC)C(CNC(=NC)NCc1ccccc1[N+](=O)[O-])c1ccccc1. The van der Waals surface area contributed by atoms with Gasteiger partial charge in [-0.15, -0.1) is 0 Å². The van der Waals surface area contributed by atoms with Crippen LogP contribution >= 0.6 is 0 Å². The molecule has 1 atom stereocenters. The Morgan fingerprint density at radius 2 is 1.71 bits per heavy atom. The van der Waals surface area contributed by atoms with Crippen LogP contribution in [0.5, 0.6) is 0 Å². The first-order valence-electron chi connectivity index (χ1n) is 9.56. The maximum Gasteiger partial charge on any atom is 0.274 e. The second kappa shape index (κ2) is 11.0. The zero-order valence-corrected chi connectivity index (χ0v) is 16.8. The van der Waals surface area contributed by atoms with Gasteiger partial charge in [-0.1, -0.05) is 62.4 Å². The van der Waals surface area contributed by atoms with Crippen LogP contribution in [0.3, 0.4) is 0 Å². The molecule has 2 N–H and O–H groups in total. The number of aliphatic imine (C=N–C) groups is 1. The first-order valence-corrected chi connectivity index (χ1v) is 9.56. The summed E-state index contributed by atoms with van der Waals surface area (Å²) in [6.07, 6.45) is 0. The molecule has 0 aromatic heterocycles. The van der Waals surface area contributed by atoms with Crippen molar-refractivity contribution in [2.45, 2.75) is 26.4 Å². The van der Waals surface area contributed by atoms with E-state index in [0.717, 1.165) is 13.1 Å². The van der Waals surface area contributed by atoms with Gasteiger partial charge in [0.25, 0.3) is 5.69 Å². The predicted molar refractivity (Wildman–Crippen MR) is 113 cm³/mol. The molecule has 0 saturated heterocycles. The minimum atomic E-state index is -0.362. The van der Waals surface area contributed by atoms with Crippen LogP contribution in [-0.2, 0) is 6.54 Å². The molecule has 1 unspecified atom stereocenters. The van der Waals surface area contributed by atoms with E-state index in [1.807, 2.05) is 18.2 Å². The van der Waals surface area contributed by atoms with Crippen molar-refractivity contribution in [2.24, 2.45) is 4.99 Å². The van der Waals surface area contributed by atoms with Gasteiger partial charge in [-0.05, 0) is 18.7 Å². The largest absolute Gasteiger partial charge is 0.354 e. The second-order valence-corrected chi connectivity index (χ2v) is 6.34. The topological polar surface area (TPSA) is 82.8 Å². The molecule has 0 saturated carbocycles. The summed E-state index contributed by atoms with van der Waals surface area (Å²) in [6.45, 7) is 7.21. The molecular formula is C21H29N5O2. The second-order valence-electron chi connectivity index (χ2n) is 6.34. The summed E-state index contributed by atoms with van der Waals surface area (Å²) >= 11 is 0. The molecule has 2 rings (SSSR count). The van der Waals surface area contributed by atoms with Gasteiger partial charge in [0.05, 0.1) is 11.0 Å². The minimum Gasteiger partial charge on any atom is -0.354 e. The van der Waals surface area contributed by atoms with Gasteiger partial charge in [0, 0.05) is 31.8 Å². The standard InChI is InChI=1S/C21H29N5O2/c1-4-25(5-2)20(17-11-7-6-8-12-17)16-24-21(22-3)23-15-18-13-9-10-14-19(18)26(27)28/h6-14,20H,4-5,15-16H2,1-3H3,(H2,22,23,24). The predicted octanol–water partition coefficient (Wildman–Crippen LogP) is 3.34. The van der Waals surface area contributed by atoms with Gasteiger partial charge >= 0.3 is 0 Å². The lowest BCUT2D eigenvalue weighted by Crippen LogP contribution is -2.43. The van der Waals surface area contributed by atoms with Crippen LogP contribution in [0.15, 0.2) is 59.6 Å². The van der Waals surface area contributed by atoms with E-state index in [9.17, 15) is 10.1 Å². The number of nitro benzene ring substituents is 1. The van der Waals surface area contributed by atoms with Crippen molar-refractivity contribution < 1.29 is 4.92 Å². The highest BCUT2D eigenvalue weighted by atomic mass is 16.6. The fourth-order valence-corrected chi connectivity index (χ4v) is 3.23. The Morgan fingerprint density at radius 1 is 1.07 bits per heavy atom. The van der Waals surface area contributed by atoms with Gasteiger partial charge in [0.2, 0.25) is 0 Å². The minimum absolute atomic E-state index is 0.107. The summed E-state index contributed by atoms with van der Waals surface area (Å²) in [5.41, 5.74) is 1.97. The van der Waals surface area contributed by atoms with Crippen LogP contribution in [0, 0.1) is 10.1 Å². The highest BCUT2D eigenvalue weighted by molar-refractivity contribution is 5.79. The van der Waals surface area contributed by atoms with Gasteiger partial charge in [0.15, 0.2) is 5.96 Å². The van der Waals surface area contributed by atoms with E-state index in [-0.39, 0.29) is 16.7 Å². The molecule has 7 heteroatoms. The number of nitrogens with zero attached hydrogens (tertiary/aromatic N) is 3. The van der Waals surface area contributed by atoms with E-state index in [1.165, 1.54) is 11.6 Å². The van der Waals surface area contributed by atoms with Crippen LogP contribution in [0.2, 0.25) is 0 Å². The van der Waals surface area contributed by atoms with Crippen molar-refractivity contribution in [1.29, 1.82) is 0 Å². The molecular weight excluding hydrogens is 354 g/mol. The first-order chi connectivity index (χ1) is 13.6. The van der Waals surface area contributed by atoms with Crippen molar-refractivity contribution >= 4 is 11.6 Å². The maximum atomic E-state index is 11.2. The average Bonchev–Trinajstić information content (AvgIpc) is 2.73.